The molecule has 0 aliphatic rings. The van der Waals surface area contributed by atoms with Crippen molar-refractivity contribution in [1.82, 2.24) is 9.55 Å². The summed E-state index contributed by atoms with van der Waals surface area (Å²) >= 11 is 5.91. The first-order valence-corrected chi connectivity index (χ1v) is 8.67. The maximum absolute atomic E-state index is 12.6. The Kier molecular flexibility index (Phi) is 5.40. The molecule has 2 N–H and O–H groups in total. The van der Waals surface area contributed by atoms with Gasteiger partial charge in [0.05, 0.1) is 12.4 Å². The lowest BCUT2D eigenvalue weighted by atomic mass is 10.1. The Morgan fingerprint density at radius 2 is 2.00 bits per heavy atom. The second-order valence-electron chi connectivity index (χ2n) is 6.19. The Bertz CT molecular complexity index is 917. The van der Waals surface area contributed by atoms with E-state index in [1.165, 1.54) is 0 Å². The molecule has 1 unspecified atom stereocenters. The van der Waals surface area contributed by atoms with Crippen molar-refractivity contribution in [2.45, 2.75) is 26.5 Å². The maximum atomic E-state index is 12.6. The number of aliphatic hydroxyl groups excluding tert-OH is 1. The highest BCUT2D eigenvalue weighted by atomic mass is 35.5. The van der Waals surface area contributed by atoms with Crippen molar-refractivity contribution in [3.8, 4) is 0 Å². The summed E-state index contributed by atoms with van der Waals surface area (Å²) in [5.74, 6) is -0.278. The molecule has 0 fully saturated rings. The fourth-order valence-electron chi connectivity index (χ4n) is 2.68. The van der Waals surface area contributed by atoms with Crippen LogP contribution in [0.15, 0.2) is 54.9 Å². The number of halogens is 1. The van der Waals surface area contributed by atoms with Gasteiger partial charge >= 0.3 is 0 Å². The van der Waals surface area contributed by atoms with E-state index in [-0.39, 0.29) is 5.91 Å². The van der Waals surface area contributed by atoms with E-state index < -0.39 is 6.10 Å². The molecular weight excluding hydrogens is 350 g/mol. The quantitative estimate of drug-likeness (QED) is 0.708. The largest absolute Gasteiger partial charge is 0.389 e. The third-order valence-electron chi connectivity index (χ3n) is 4.21. The van der Waals surface area contributed by atoms with Gasteiger partial charge in [-0.05, 0) is 49.2 Å². The standard InChI is InChI=1S/C20H20ClN3O2/c1-13-19(20(26)23-18-5-3-4-16(10-18)14(2)25)22-12-24(13)11-15-6-8-17(21)9-7-15/h3-10,12,14,25H,11H2,1-2H3,(H,23,26). The molecule has 0 saturated heterocycles. The van der Waals surface area contributed by atoms with Crippen molar-refractivity contribution in [1.29, 1.82) is 0 Å². The van der Waals surface area contributed by atoms with Crippen LogP contribution in [-0.4, -0.2) is 20.6 Å². The molecule has 0 radical (unpaired) electrons. The van der Waals surface area contributed by atoms with Crippen LogP contribution in [0.3, 0.4) is 0 Å². The summed E-state index contributed by atoms with van der Waals surface area (Å²) in [6.07, 6.45) is 1.07. The molecule has 26 heavy (non-hydrogen) atoms. The SMILES string of the molecule is Cc1c(C(=O)Nc2cccc(C(C)O)c2)ncn1Cc1ccc(Cl)cc1. The smallest absolute Gasteiger partial charge is 0.276 e. The zero-order chi connectivity index (χ0) is 18.7. The van der Waals surface area contributed by atoms with Gasteiger partial charge in [0.2, 0.25) is 0 Å². The van der Waals surface area contributed by atoms with Gasteiger partial charge in [-0.15, -0.1) is 0 Å². The topological polar surface area (TPSA) is 67.2 Å². The second-order valence-corrected chi connectivity index (χ2v) is 6.62. The maximum Gasteiger partial charge on any atom is 0.276 e. The highest BCUT2D eigenvalue weighted by Crippen LogP contribution is 2.19. The summed E-state index contributed by atoms with van der Waals surface area (Å²) in [6, 6.07) is 14.7. The number of imidazole rings is 1. The molecule has 6 heteroatoms. The zero-order valence-electron chi connectivity index (χ0n) is 14.6. The molecule has 0 bridgehead atoms. The minimum atomic E-state index is -0.591. The minimum Gasteiger partial charge on any atom is -0.389 e. The Balaban J connectivity index is 1.75. The highest BCUT2D eigenvalue weighted by Gasteiger charge is 2.15. The van der Waals surface area contributed by atoms with E-state index in [2.05, 4.69) is 10.3 Å². The van der Waals surface area contributed by atoms with Crippen LogP contribution in [0.5, 0.6) is 0 Å². The van der Waals surface area contributed by atoms with Gasteiger partial charge in [0.25, 0.3) is 5.91 Å². The van der Waals surface area contributed by atoms with Crippen LogP contribution in [-0.2, 0) is 6.54 Å². The van der Waals surface area contributed by atoms with Crippen LogP contribution in [0.4, 0.5) is 5.69 Å². The number of anilines is 1. The van der Waals surface area contributed by atoms with E-state index in [1.54, 1.807) is 31.5 Å². The molecule has 0 saturated carbocycles. The Morgan fingerprint density at radius 3 is 2.69 bits per heavy atom. The molecule has 1 aromatic heterocycles. The molecule has 0 aliphatic carbocycles. The minimum absolute atomic E-state index is 0.278. The van der Waals surface area contributed by atoms with Gasteiger partial charge in [0, 0.05) is 22.9 Å². The van der Waals surface area contributed by atoms with E-state index in [9.17, 15) is 9.90 Å². The van der Waals surface area contributed by atoms with E-state index in [4.69, 9.17) is 11.6 Å². The van der Waals surface area contributed by atoms with Crippen molar-refractivity contribution in [3.05, 3.63) is 82.4 Å². The predicted molar refractivity (Wildman–Crippen MR) is 103 cm³/mol. The fourth-order valence-corrected chi connectivity index (χ4v) is 2.80. The second kappa shape index (κ2) is 7.72. The third kappa shape index (κ3) is 4.12. The van der Waals surface area contributed by atoms with Gasteiger partial charge in [-0.3, -0.25) is 4.79 Å². The van der Waals surface area contributed by atoms with Crippen LogP contribution < -0.4 is 5.32 Å². The highest BCUT2D eigenvalue weighted by molar-refractivity contribution is 6.30. The average Bonchev–Trinajstić information content (AvgIpc) is 2.98. The Hall–Kier alpha value is -2.63. The predicted octanol–water partition coefficient (Wildman–Crippen LogP) is 4.20. The summed E-state index contributed by atoms with van der Waals surface area (Å²) in [4.78, 5) is 16.8. The molecule has 3 rings (SSSR count). The van der Waals surface area contributed by atoms with Gasteiger partial charge in [0.15, 0.2) is 0 Å². The van der Waals surface area contributed by atoms with Crippen LogP contribution >= 0.6 is 11.6 Å². The van der Waals surface area contributed by atoms with E-state index in [1.807, 2.05) is 41.8 Å². The molecule has 0 spiro atoms. The lowest BCUT2D eigenvalue weighted by Crippen LogP contribution is -2.14. The van der Waals surface area contributed by atoms with Gasteiger partial charge in [-0.2, -0.15) is 0 Å². The first kappa shape index (κ1) is 18.2. The average molecular weight is 370 g/mol. The molecule has 1 atom stereocenters. The number of amides is 1. The monoisotopic (exact) mass is 369 g/mol. The number of carbonyl (C=O) groups is 1. The number of hydrogen-bond donors (Lipinski definition) is 2. The van der Waals surface area contributed by atoms with Crippen molar-refractivity contribution in [3.63, 3.8) is 0 Å². The van der Waals surface area contributed by atoms with Gasteiger partial charge in [0.1, 0.15) is 5.69 Å². The first-order chi connectivity index (χ1) is 12.4. The summed E-state index contributed by atoms with van der Waals surface area (Å²) < 4.78 is 1.92. The zero-order valence-corrected chi connectivity index (χ0v) is 15.4. The summed E-state index contributed by atoms with van der Waals surface area (Å²) in [6.45, 7) is 4.16. The number of hydrogen-bond acceptors (Lipinski definition) is 3. The number of rotatable bonds is 5. The summed E-state index contributed by atoms with van der Waals surface area (Å²) in [7, 11) is 0. The van der Waals surface area contributed by atoms with Crippen LogP contribution in [0, 0.1) is 6.92 Å². The Morgan fingerprint density at radius 1 is 1.27 bits per heavy atom. The van der Waals surface area contributed by atoms with E-state index in [0.29, 0.717) is 22.9 Å². The van der Waals surface area contributed by atoms with Crippen molar-refractivity contribution >= 4 is 23.2 Å². The van der Waals surface area contributed by atoms with Crippen LogP contribution in [0.2, 0.25) is 5.02 Å². The van der Waals surface area contributed by atoms with Gasteiger partial charge in [-0.25, -0.2) is 4.98 Å². The molecule has 134 valence electrons. The van der Waals surface area contributed by atoms with Gasteiger partial charge < -0.3 is 15.0 Å². The third-order valence-corrected chi connectivity index (χ3v) is 4.46. The van der Waals surface area contributed by atoms with Crippen LogP contribution in [0.25, 0.3) is 0 Å². The number of nitrogens with zero attached hydrogens (tertiary/aromatic N) is 2. The number of aliphatic hydroxyl groups is 1. The van der Waals surface area contributed by atoms with E-state index in [0.717, 1.165) is 16.8 Å². The molecule has 3 aromatic rings. The molecular formula is C20H20ClN3O2. The number of benzene rings is 2. The Labute approximate surface area is 157 Å². The first-order valence-electron chi connectivity index (χ1n) is 8.29. The normalized spacial score (nSPS) is 12.0. The van der Waals surface area contributed by atoms with E-state index >= 15 is 0 Å². The summed E-state index contributed by atoms with van der Waals surface area (Å²) in [5, 5.41) is 13.2. The lowest BCUT2D eigenvalue weighted by molar-refractivity contribution is 0.102. The van der Waals surface area contributed by atoms with Crippen molar-refractivity contribution < 1.29 is 9.90 Å². The summed E-state index contributed by atoms with van der Waals surface area (Å²) in [5.41, 5.74) is 3.60. The van der Waals surface area contributed by atoms with Crippen molar-refractivity contribution in [2.75, 3.05) is 5.32 Å². The van der Waals surface area contributed by atoms with Crippen molar-refractivity contribution in [2.24, 2.45) is 0 Å². The molecule has 1 amide bonds. The van der Waals surface area contributed by atoms with Gasteiger partial charge in [-0.1, -0.05) is 35.9 Å². The molecule has 0 aliphatic heterocycles. The van der Waals surface area contributed by atoms with Crippen LogP contribution in [0.1, 0.15) is 40.3 Å². The molecule has 1 heterocycles. The molecule has 5 nitrogen and oxygen atoms in total. The lowest BCUT2D eigenvalue weighted by Gasteiger charge is -2.09. The fraction of sp³-hybridized carbons (Fsp3) is 0.200. The number of carbonyl (C=O) groups excluding carboxylic acids is 1. The number of aromatic nitrogens is 2. The molecule has 2 aromatic carbocycles. The number of nitrogens with one attached hydrogen (secondary N) is 1.